The molecule has 2 aromatic rings. The quantitative estimate of drug-likeness (QED) is 0.825. The van der Waals surface area contributed by atoms with Crippen LogP contribution >= 0.6 is 0 Å². The minimum absolute atomic E-state index is 0.0360. The lowest BCUT2D eigenvalue weighted by Gasteiger charge is -2.27. The van der Waals surface area contributed by atoms with Gasteiger partial charge in [0.1, 0.15) is 5.82 Å². The van der Waals surface area contributed by atoms with Crippen LogP contribution < -0.4 is 21.1 Å². The molecule has 0 radical (unpaired) electrons. The number of pyridine rings is 2. The van der Waals surface area contributed by atoms with E-state index in [0.717, 1.165) is 0 Å². The summed E-state index contributed by atoms with van der Waals surface area (Å²) in [5, 5.41) is 5.45. The summed E-state index contributed by atoms with van der Waals surface area (Å²) in [4.78, 5) is 41.3. The van der Waals surface area contributed by atoms with Gasteiger partial charge in [-0.15, -0.1) is 0 Å². The molecular weight excluding hydrogens is 310 g/mol. The first-order valence-electron chi connectivity index (χ1n) is 7.49. The Labute approximate surface area is 138 Å². The standard InChI is InChI=1S/C16H17N5O3/c1-20-6-4-11(8-15(20)23)16(24)19-12-2-3-13(18-9-12)21-7-5-17-14(22)10-21/h2-4,6,8-9H,5,7,10H2,1H3,(H,17,22)(H,19,24). The van der Waals surface area contributed by atoms with E-state index in [1.165, 1.54) is 16.8 Å². The Hall–Kier alpha value is -3.16. The molecule has 0 spiro atoms. The predicted octanol–water partition coefficient (Wildman–Crippen LogP) is -0.0312. The number of nitrogens with one attached hydrogen (secondary N) is 2. The van der Waals surface area contributed by atoms with Crippen LogP contribution in [-0.2, 0) is 11.8 Å². The predicted molar refractivity (Wildman–Crippen MR) is 89.1 cm³/mol. The smallest absolute Gasteiger partial charge is 0.255 e. The summed E-state index contributed by atoms with van der Waals surface area (Å²) in [5.74, 6) is 0.266. The van der Waals surface area contributed by atoms with Crippen molar-refractivity contribution in [3.8, 4) is 0 Å². The molecule has 8 heteroatoms. The Morgan fingerprint density at radius 3 is 2.79 bits per heavy atom. The number of hydrogen-bond acceptors (Lipinski definition) is 5. The molecule has 124 valence electrons. The monoisotopic (exact) mass is 327 g/mol. The van der Waals surface area contributed by atoms with E-state index >= 15 is 0 Å². The van der Waals surface area contributed by atoms with Crippen LogP contribution in [0.2, 0.25) is 0 Å². The maximum absolute atomic E-state index is 12.2. The molecule has 2 amide bonds. The van der Waals surface area contributed by atoms with Crippen LogP contribution in [0.1, 0.15) is 10.4 Å². The van der Waals surface area contributed by atoms with Crippen molar-refractivity contribution >= 4 is 23.3 Å². The van der Waals surface area contributed by atoms with Crippen LogP contribution in [0.5, 0.6) is 0 Å². The minimum Gasteiger partial charge on any atom is -0.353 e. The van der Waals surface area contributed by atoms with Gasteiger partial charge in [0.15, 0.2) is 0 Å². The summed E-state index contributed by atoms with van der Waals surface area (Å²) >= 11 is 0. The van der Waals surface area contributed by atoms with Gasteiger partial charge in [0.2, 0.25) is 5.91 Å². The van der Waals surface area contributed by atoms with Gasteiger partial charge in [0.25, 0.3) is 11.5 Å². The third-order valence-corrected chi connectivity index (χ3v) is 3.73. The fourth-order valence-corrected chi connectivity index (χ4v) is 2.37. The van der Waals surface area contributed by atoms with E-state index in [2.05, 4.69) is 15.6 Å². The average Bonchev–Trinajstić information content (AvgIpc) is 2.58. The molecule has 8 nitrogen and oxygen atoms in total. The van der Waals surface area contributed by atoms with Gasteiger partial charge in [0, 0.05) is 38.0 Å². The Kier molecular flexibility index (Phi) is 4.28. The van der Waals surface area contributed by atoms with E-state index in [0.29, 0.717) is 24.6 Å². The molecule has 24 heavy (non-hydrogen) atoms. The first kappa shape index (κ1) is 15.7. The van der Waals surface area contributed by atoms with Gasteiger partial charge in [0.05, 0.1) is 18.4 Å². The van der Waals surface area contributed by atoms with E-state index in [1.54, 1.807) is 31.4 Å². The minimum atomic E-state index is -0.375. The molecule has 3 rings (SSSR count). The van der Waals surface area contributed by atoms with Gasteiger partial charge in [-0.25, -0.2) is 4.98 Å². The van der Waals surface area contributed by atoms with Crippen LogP contribution in [-0.4, -0.2) is 41.0 Å². The van der Waals surface area contributed by atoms with Crippen molar-refractivity contribution in [1.82, 2.24) is 14.9 Å². The second kappa shape index (κ2) is 6.53. The second-order valence-corrected chi connectivity index (χ2v) is 5.50. The van der Waals surface area contributed by atoms with Gasteiger partial charge in [-0.2, -0.15) is 0 Å². The number of nitrogens with zero attached hydrogens (tertiary/aromatic N) is 3. The van der Waals surface area contributed by atoms with E-state index in [9.17, 15) is 14.4 Å². The second-order valence-electron chi connectivity index (χ2n) is 5.50. The number of piperazine rings is 1. The number of carbonyl (C=O) groups excluding carboxylic acids is 2. The number of aromatic nitrogens is 2. The lowest BCUT2D eigenvalue weighted by atomic mass is 10.2. The molecule has 0 unspecified atom stereocenters. The molecule has 0 aliphatic carbocycles. The van der Waals surface area contributed by atoms with Crippen molar-refractivity contribution in [3.05, 3.63) is 52.6 Å². The Balaban J connectivity index is 1.69. The largest absolute Gasteiger partial charge is 0.353 e. The summed E-state index contributed by atoms with van der Waals surface area (Å²) < 4.78 is 1.39. The number of amides is 2. The number of aryl methyl sites for hydroxylation is 1. The maximum atomic E-state index is 12.2. The van der Waals surface area contributed by atoms with Crippen molar-refractivity contribution in [2.24, 2.45) is 7.05 Å². The summed E-state index contributed by atoms with van der Waals surface area (Å²) in [6, 6.07) is 6.32. The van der Waals surface area contributed by atoms with Crippen LogP contribution in [0.4, 0.5) is 11.5 Å². The normalized spacial score (nSPS) is 14.2. The lowest BCUT2D eigenvalue weighted by Crippen LogP contribution is -2.48. The molecule has 1 aliphatic heterocycles. The van der Waals surface area contributed by atoms with Crippen LogP contribution in [0.3, 0.4) is 0 Å². The fourth-order valence-electron chi connectivity index (χ4n) is 2.37. The molecule has 0 saturated carbocycles. The number of rotatable bonds is 3. The van der Waals surface area contributed by atoms with Gasteiger partial charge in [-0.05, 0) is 18.2 Å². The Morgan fingerprint density at radius 1 is 1.29 bits per heavy atom. The van der Waals surface area contributed by atoms with E-state index < -0.39 is 0 Å². The first-order chi connectivity index (χ1) is 11.5. The highest BCUT2D eigenvalue weighted by molar-refractivity contribution is 6.04. The Morgan fingerprint density at radius 2 is 2.12 bits per heavy atom. The Bertz CT molecular complexity index is 828. The van der Waals surface area contributed by atoms with Crippen molar-refractivity contribution in [3.63, 3.8) is 0 Å². The summed E-state index contributed by atoms with van der Waals surface area (Å²) in [6.45, 7) is 1.55. The summed E-state index contributed by atoms with van der Waals surface area (Å²) in [6.07, 6.45) is 3.07. The summed E-state index contributed by atoms with van der Waals surface area (Å²) in [5.41, 5.74) is 0.556. The number of hydrogen-bond donors (Lipinski definition) is 2. The SMILES string of the molecule is Cn1ccc(C(=O)Nc2ccc(N3CCNC(=O)C3)nc2)cc1=O. The van der Waals surface area contributed by atoms with E-state index in [1.807, 2.05) is 4.90 Å². The third kappa shape index (κ3) is 3.43. The molecule has 1 saturated heterocycles. The topological polar surface area (TPSA) is 96.3 Å². The van der Waals surface area contributed by atoms with Gasteiger partial charge in [-0.3, -0.25) is 14.4 Å². The van der Waals surface area contributed by atoms with Crippen molar-refractivity contribution in [2.45, 2.75) is 0 Å². The van der Waals surface area contributed by atoms with Crippen LogP contribution in [0, 0.1) is 0 Å². The van der Waals surface area contributed by atoms with E-state index in [-0.39, 0.29) is 29.5 Å². The molecule has 3 heterocycles. The highest BCUT2D eigenvalue weighted by Crippen LogP contribution is 2.15. The number of carbonyl (C=O) groups is 2. The molecule has 1 aliphatic rings. The third-order valence-electron chi connectivity index (χ3n) is 3.73. The van der Waals surface area contributed by atoms with Gasteiger partial charge < -0.3 is 20.1 Å². The van der Waals surface area contributed by atoms with Crippen LogP contribution in [0.15, 0.2) is 41.5 Å². The van der Waals surface area contributed by atoms with Crippen LogP contribution in [0.25, 0.3) is 0 Å². The molecular formula is C16H17N5O3. The average molecular weight is 327 g/mol. The zero-order valence-electron chi connectivity index (χ0n) is 13.2. The molecule has 0 bridgehead atoms. The van der Waals surface area contributed by atoms with Crippen molar-refractivity contribution in [1.29, 1.82) is 0 Å². The lowest BCUT2D eigenvalue weighted by molar-refractivity contribution is -0.120. The summed E-state index contributed by atoms with van der Waals surface area (Å²) in [7, 11) is 1.62. The fraction of sp³-hybridized carbons (Fsp3) is 0.250. The molecule has 2 N–H and O–H groups in total. The van der Waals surface area contributed by atoms with Gasteiger partial charge in [-0.1, -0.05) is 0 Å². The molecule has 1 fully saturated rings. The molecule has 0 atom stereocenters. The number of anilines is 2. The highest BCUT2D eigenvalue weighted by Gasteiger charge is 2.17. The molecule has 2 aromatic heterocycles. The van der Waals surface area contributed by atoms with E-state index in [4.69, 9.17) is 0 Å². The zero-order valence-corrected chi connectivity index (χ0v) is 13.2. The van der Waals surface area contributed by atoms with Gasteiger partial charge >= 0.3 is 0 Å². The highest BCUT2D eigenvalue weighted by atomic mass is 16.2. The van der Waals surface area contributed by atoms with Crippen molar-refractivity contribution in [2.75, 3.05) is 29.9 Å². The first-order valence-corrected chi connectivity index (χ1v) is 7.49. The molecule has 0 aromatic carbocycles. The maximum Gasteiger partial charge on any atom is 0.255 e. The zero-order chi connectivity index (χ0) is 17.1. The van der Waals surface area contributed by atoms with Crippen molar-refractivity contribution < 1.29 is 9.59 Å².